The molecule has 232 valence electrons. The lowest BCUT2D eigenvalue weighted by molar-refractivity contribution is -0.160. The Kier molecular flexibility index (Phi) is 10.2. The maximum Gasteiger partial charge on any atom is 0.310 e. The number of hydrogen-bond acceptors (Lipinski definition) is 5. The average molecular weight is 619 g/mol. The number of ether oxygens (including phenoxy) is 2. The minimum Gasteiger partial charge on any atom is -0.462 e. The summed E-state index contributed by atoms with van der Waals surface area (Å²) in [4.78, 5) is 26.7. The number of benzene rings is 1. The van der Waals surface area contributed by atoms with E-state index in [1.54, 1.807) is 6.92 Å². The molecule has 1 aromatic rings. The number of alkyl halides is 2. The van der Waals surface area contributed by atoms with Gasteiger partial charge in [0.1, 0.15) is 11.9 Å². The summed E-state index contributed by atoms with van der Waals surface area (Å²) in [6.07, 6.45) is 13.2. The summed E-state index contributed by atoms with van der Waals surface area (Å²) in [6.45, 7) is 7.98. The Balaban J connectivity index is 1.12. The van der Waals surface area contributed by atoms with E-state index in [1.807, 2.05) is 0 Å². The topological polar surface area (TPSA) is 55.8 Å². The van der Waals surface area contributed by atoms with E-state index in [-0.39, 0.29) is 28.9 Å². The van der Waals surface area contributed by atoms with Crippen molar-refractivity contribution in [3.8, 4) is 0 Å². The number of fused-ring (bicyclic) bond motifs is 5. The van der Waals surface area contributed by atoms with Crippen molar-refractivity contribution in [3.63, 3.8) is 0 Å². The van der Waals surface area contributed by atoms with E-state index in [0.29, 0.717) is 41.9 Å². The van der Waals surface area contributed by atoms with Gasteiger partial charge in [0.2, 0.25) is 0 Å². The van der Waals surface area contributed by atoms with Gasteiger partial charge in [0.05, 0.1) is 0 Å². The number of aryl methyl sites for hydroxylation is 1. The molecule has 7 atom stereocenters. The van der Waals surface area contributed by atoms with Crippen LogP contribution in [0.2, 0.25) is 0 Å². The van der Waals surface area contributed by atoms with Gasteiger partial charge < -0.3 is 14.4 Å². The highest BCUT2D eigenvalue weighted by Crippen LogP contribution is 2.66. The fraction of sp³-hybridized carbons (Fsp3) is 0.714. The summed E-state index contributed by atoms with van der Waals surface area (Å²) in [5.41, 5.74) is 2.73. The molecule has 3 fully saturated rings. The van der Waals surface area contributed by atoms with Crippen molar-refractivity contribution in [1.82, 2.24) is 0 Å². The highest BCUT2D eigenvalue weighted by Gasteiger charge is 2.60. The first-order valence-corrected chi connectivity index (χ1v) is 17.3. The molecule has 3 saturated carbocycles. The van der Waals surface area contributed by atoms with Crippen molar-refractivity contribution < 1.29 is 19.1 Å². The molecular formula is C35H49Cl2NO4. The number of carbonyl (C=O) groups is 2. The van der Waals surface area contributed by atoms with Gasteiger partial charge in [-0.3, -0.25) is 9.59 Å². The molecule has 0 heterocycles. The normalized spacial score (nSPS) is 33.5. The van der Waals surface area contributed by atoms with Gasteiger partial charge in [0, 0.05) is 55.7 Å². The van der Waals surface area contributed by atoms with E-state index >= 15 is 0 Å². The molecule has 0 N–H and O–H groups in total. The summed E-state index contributed by atoms with van der Waals surface area (Å²) in [7, 11) is 0. The Labute approximate surface area is 262 Å². The zero-order valence-corrected chi connectivity index (χ0v) is 27.2. The summed E-state index contributed by atoms with van der Waals surface area (Å²) in [5, 5.41) is 0. The van der Waals surface area contributed by atoms with Crippen LogP contribution in [0.1, 0.15) is 90.5 Å². The van der Waals surface area contributed by atoms with Crippen LogP contribution in [0.25, 0.3) is 0 Å². The van der Waals surface area contributed by atoms with Gasteiger partial charge in [-0.2, -0.15) is 0 Å². The molecule has 2 unspecified atom stereocenters. The summed E-state index contributed by atoms with van der Waals surface area (Å²) in [5.74, 6) is 4.40. The molecular weight excluding hydrogens is 569 g/mol. The van der Waals surface area contributed by atoms with Gasteiger partial charge in [0.15, 0.2) is 0 Å². The molecule has 42 heavy (non-hydrogen) atoms. The minimum absolute atomic E-state index is 0.0793. The van der Waals surface area contributed by atoms with E-state index < -0.39 is 0 Å². The molecule has 5 rings (SSSR count). The zero-order valence-electron chi connectivity index (χ0n) is 25.7. The first kappa shape index (κ1) is 31.7. The fourth-order valence-corrected chi connectivity index (χ4v) is 9.77. The summed E-state index contributed by atoms with van der Waals surface area (Å²) >= 11 is 11.9. The van der Waals surface area contributed by atoms with Crippen LogP contribution in [0, 0.1) is 34.5 Å². The van der Waals surface area contributed by atoms with Gasteiger partial charge in [-0.1, -0.05) is 26.0 Å². The van der Waals surface area contributed by atoms with Crippen LogP contribution in [-0.2, 0) is 25.5 Å². The second-order valence-electron chi connectivity index (χ2n) is 13.8. The van der Waals surface area contributed by atoms with Crippen LogP contribution in [0.3, 0.4) is 0 Å². The van der Waals surface area contributed by atoms with Crippen LogP contribution >= 0.6 is 23.2 Å². The van der Waals surface area contributed by atoms with Crippen LogP contribution < -0.4 is 4.90 Å². The zero-order chi connectivity index (χ0) is 29.9. The third-order valence-corrected chi connectivity index (χ3v) is 11.9. The number of hydrogen-bond donors (Lipinski definition) is 0. The number of halogens is 2. The van der Waals surface area contributed by atoms with Crippen molar-refractivity contribution in [2.45, 2.75) is 97.5 Å². The smallest absolute Gasteiger partial charge is 0.310 e. The Morgan fingerprint density at radius 1 is 0.952 bits per heavy atom. The molecule has 1 aromatic carbocycles. The first-order valence-electron chi connectivity index (χ1n) is 16.2. The van der Waals surface area contributed by atoms with Crippen molar-refractivity contribution in [3.05, 3.63) is 41.7 Å². The minimum atomic E-state index is -0.137. The monoisotopic (exact) mass is 617 g/mol. The first-order chi connectivity index (χ1) is 20.2. The molecule has 4 aliphatic carbocycles. The van der Waals surface area contributed by atoms with Crippen molar-refractivity contribution in [2.75, 3.05) is 29.7 Å². The maximum absolute atomic E-state index is 12.8. The van der Waals surface area contributed by atoms with Gasteiger partial charge in [-0.15, -0.1) is 23.2 Å². The quantitative estimate of drug-likeness (QED) is 0.185. The van der Waals surface area contributed by atoms with E-state index in [0.717, 1.165) is 63.1 Å². The molecule has 7 heteroatoms. The summed E-state index contributed by atoms with van der Waals surface area (Å²) < 4.78 is 11.8. The SMILES string of the molecule is CC(=O)OC1CC[C@H]2[C@@H]3CCC4CC(OC(=O)CCCc5ccc(N(CCCl)CCCl)cc5)=CC[C@]4(C)[C@@H]3CC[C@]12C. The molecule has 5 nitrogen and oxygen atoms in total. The van der Waals surface area contributed by atoms with Crippen LogP contribution in [-0.4, -0.2) is 42.9 Å². The Morgan fingerprint density at radius 3 is 2.36 bits per heavy atom. The fourth-order valence-electron chi connectivity index (χ4n) is 9.36. The molecule has 0 spiro atoms. The molecule has 0 bridgehead atoms. The standard InChI is InChI=1S/C35H49Cl2NO4/c1-24(39)41-32-14-13-30-29-12-9-26-23-28(15-17-34(26,2)31(29)16-18-35(30,32)3)42-33(40)6-4-5-25-7-10-27(11-8-25)38(21-19-36)22-20-37/h7-8,10-11,15,26,29-32H,4-6,9,12-14,16-23H2,1-3H3/t26?,29-,30-,31+,32?,34-,35-/m0/s1. The number of esters is 2. The van der Waals surface area contributed by atoms with Gasteiger partial charge in [0.25, 0.3) is 0 Å². The number of allylic oxidation sites excluding steroid dienone is 2. The second-order valence-corrected chi connectivity index (χ2v) is 14.6. The highest BCUT2D eigenvalue weighted by molar-refractivity contribution is 6.18. The number of rotatable bonds is 11. The third-order valence-electron chi connectivity index (χ3n) is 11.6. The highest BCUT2D eigenvalue weighted by atomic mass is 35.5. The molecule has 0 aromatic heterocycles. The number of carbonyl (C=O) groups excluding carboxylic acids is 2. The van der Waals surface area contributed by atoms with Crippen LogP contribution in [0.15, 0.2) is 36.1 Å². The van der Waals surface area contributed by atoms with E-state index in [9.17, 15) is 9.59 Å². The predicted octanol–water partition coefficient (Wildman–Crippen LogP) is 8.30. The van der Waals surface area contributed by atoms with E-state index in [4.69, 9.17) is 32.7 Å². The van der Waals surface area contributed by atoms with Crippen molar-refractivity contribution in [2.24, 2.45) is 34.5 Å². The van der Waals surface area contributed by atoms with Gasteiger partial charge in [-0.25, -0.2) is 0 Å². The van der Waals surface area contributed by atoms with Crippen molar-refractivity contribution >= 4 is 40.8 Å². The van der Waals surface area contributed by atoms with E-state index in [2.05, 4.69) is 49.1 Å². The molecule has 0 aliphatic heterocycles. The Bertz CT molecular complexity index is 1130. The Morgan fingerprint density at radius 2 is 1.67 bits per heavy atom. The van der Waals surface area contributed by atoms with Crippen molar-refractivity contribution in [1.29, 1.82) is 0 Å². The number of anilines is 1. The van der Waals surface area contributed by atoms with Crippen LogP contribution in [0.5, 0.6) is 0 Å². The van der Waals surface area contributed by atoms with E-state index in [1.165, 1.54) is 31.2 Å². The lowest BCUT2D eigenvalue weighted by atomic mass is 9.46. The predicted molar refractivity (Wildman–Crippen MR) is 170 cm³/mol. The molecule has 0 radical (unpaired) electrons. The second kappa shape index (κ2) is 13.5. The average Bonchev–Trinajstić information content (AvgIpc) is 3.29. The number of nitrogens with zero attached hydrogens (tertiary/aromatic N) is 1. The van der Waals surface area contributed by atoms with Gasteiger partial charge >= 0.3 is 11.9 Å². The van der Waals surface area contributed by atoms with Gasteiger partial charge in [-0.05, 0) is 111 Å². The Hall–Kier alpha value is -1.72. The maximum atomic E-state index is 12.8. The largest absolute Gasteiger partial charge is 0.462 e. The lowest BCUT2D eigenvalue weighted by Gasteiger charge is -2.59. The summed E-state index contributed by atoms with van der Waals surface area (Å²) in [6, 6.07) is 8.49. The molecule has 4 aliphatic rings. The molecule has 0 saturated heterocycles. The third kappa shape index (κ3) is 6.53. The molecule has 0 amide bonds. The lowest BCUT2D eigenvalue weighted by Crippen LogP contribution is -2.53. The van der Waals surface area contributed by atoms with Crippen LogP contribution in [0.4, 0.5) is 5.69 Å².